The van der Waals surface area contributed by atoms with E-state index in [2.05, 4.69) is 0 Å². The third-order valence-electron chi connectivity index (χ3n) is 3.35. The lowest BCUT2D eigenvalue weighted by Gasteiger charge is -2.15. The molecule has 0 bridgehead atoms. The summed E-state index contributed by atoms with van der Waals surface area (Å²) >= 11 is 0. The molecule has 5 heteroatoms. The lowest BCUT2D eigenvalue weighted by molar-refractivity contribution is -0.168. The van der Waals surface area contributed by atoms with Crippen LogP contribution in [0.25, 0.3) is 6.08 Å². The molecule has 5 nitrogen and oxygen atoms in total. The Morgan fingerprint density at radius 3 is 2.68 bits per heavy atom. The minimum absolute atomic E-state index is 0.0916. The molecule has 1 aromatic carbocycles. The number of nitrogens with zero attached hydrogens (tertiary/aromatic N) is 1. The van der Waals surface area contributed by atoms with Crippen LogP contribution in [0, 0.1) is 6.92 Å². The summed E-state index contributed by atoms with van der Waals surface area (Å²) in [4.78, 5) is 28.1. The van der Waals surface area contributed by atoms with Crippen molar-refractivity contribution in [3.8, 4) is 0 Å². The molecular formula is C17H23NO4. The van der Waals surface area contributed by atoms with Crippen molar-refractivity contribution in [1.29, 1.82) is 0 Å². The van der Waals surface area contributed by atoms with Gasteiger partial charge in [-0.3, -0.25) is 9.63 Å². The average molecular weight is 305 g/mol. The lowest BCUT2D eigenvalue weighted by Crippen LogP contribution is -2.25. The van der Waals surface area contributed by atoms with Gasteiger partial charge in [0.25, 0.3) is 0 Å². The van der Waals surface area contributed by atoms with Crippen molar-refractivity contribution in [2.75, 3.05) is 20.8 Å². The lowest BCUT2D eigenvalue weighted by atomic mass is 9.97. The van der Waals surface area contributed by atoms with Crippen LogP contribution in [0.2, 0.25) is 0 Å². The molecule has 0 saturated heterocycles. The molecule has 0 aromatic heterocycles. The Balaban J connectivity index is 2.85. The van der Waals surface area contributed by atoms with Crippen molar-refractivity contribution in [1.82, 2.24) is 5.06 Å². The van der Waals surface area contributed by atoms with Gasteiger partial charge >= 0.3 is 5.97 Å². The molecule has 0 radical (unpaired) electrons. The molecule has 1 amide bonds. The first-order chi connectivity index (χ1) is 10.5. The molecule has 0 aliphatic heterocycles. The van der Waals surface area contributed by atoms with Gasteiger partial charge in [-0.05, 0) is 43.0 Å². The van der Waals surface area contributed by atoms with Gasteiger partial charge in [0.2, 0.25) is 5.91 Å². The molecule has 0 unspecified atom stereocenters. The van der Waals surface area contributed by atoms with Crippen LogP contribution in [0.3, 0.4) is 0 Å². The Morgan fingerprint density at radius 1 is 1.32 bits per heavy atom. The minimum atomic E-state index is -0.370. The monoisotopic (exact) mass is 305 g/mol. The highest BCUT2D eigenvalue weighted by atomic mass is 16.7. The highest BCUT2D eigenvalue weighted by Crippen LogP contribution is 2.18. The van der Waals surface area contributed by atoms with E-state index in [-0.39, 0.29) is 11.9 Å². The van der Waals surface area contributed by atoms with E-state index in [1.807, 2.05) is 25.1 Å². The Labute approximate surface area is 131 Å². The molecule has 22 heavy (non-hydrogen) atoms. The van der Waals surface area contributed by atoms with Gasteiger partial charge in [0.15, 0.2) is 0 Å². The van der Waals surface area contributed by atoms with Crippen molar-refractivity contribution in [3.63, 3.8) is 0 Å². The molecular weight excluding hydrogens is 282 g/mol. The fourth-order valence-corrected chi connectivity index (χ4v) is 2.06. The summed E-state index contributed by atoms with van der Waals surface area (Å²) in [7, 11) is 3.04. The largest absolute Gasteiger partial charge is 0.463 e. The second-order valence-electron chi connectivity index (χ2n) is 4.80. The van der Waals surface area contributed by atoms with Crippen molar-refractivity contribution >= 4 is 18.0 Å². The van der Waals surface area contributed by atoms with Gasteiger partial charge in [-0.1, -0.05) is 18.2 Å². The van der Waals surface area contributed by atoms with Gasteiger partial charge in [0.05, 0.1) is 13.7 Å². The number of carbonyl (C=O) groups is 2. The SMILES string of the molecule is CCOC(=O)/C=C/c1cccc(C)c1CCC(=O)N(C)OC. The normalized spacial score (nSPS) is 10.7. The van der Waals surface area contributed by atoms with Gasteiger partial charge in [-0.25, -0.2) is 9.86 Å². The molecule has 0 N–H and O–H groups in total. The average Bonchev–Trinajstić information content (AvgIpc) is 2.51. The molecule has 0 saturated carbocycles. The van der Waals surface area contributed by atoms with E-state index in [0.717, 1.165) is 16.7 Å². The van der Waals surface area contributed by atoms with Gasteiger partial charge < -0.3 is 4.74 Å². The number of hydrogen-bond donors (Lipinski definition) is 0. The zero-order valence-corrected chi connectivity index (χ0v) is 13.6. The number of carbonyl (C=O) groups excluding carboxylic acids is 2. The fraction of sp³-hybridized carbons (Fsp3) is 0.412. The van der Waals surface area contributed by atoms with Crippen LogP contribution in [-0.2, 0) is 25.6 Å². The Kier molecular flexibility index (Phi) is 7.32. The fourth-order valence-electron chi connectivity index (χ4n) is 2.06. The topological polar surface area (TPSA) is 55.8 Å². The number of hydroxylamine groups is 2. The molecule has 0 atom stereocenters. The molecule has 1 rings (SSSR count). The number of amides is 1. The van der Waals surface area contributed by atoms with Crippen molar-refractivity contribution in [2.24, 2.45) is 0 Å². The second-order valence-corrected chi connectivity index (χ2v) is 4.80. The molecule has 0 aliphatic rings. The van der Waals surface area contributed by atoms with E-state index < -0.39 is 0 Å². The highest BCUT2D eigenvalue weighted by Gasteiger charge is 2.11. The quantitative estimate of drug-likeness (QED) is 0.441. The third-order valence-corrected chi connectivity index (χ3v) is 3.35. The van der Waals surface area contributed by atoms with Crippen LogP contribution >= 0.6 is 0 Å². The number of esters is 1. The number of ether oxygens (including phenoxy) is 1. The Hall–Kier alpha value is -2.14. The zero-order valence-electron chi connectivity index (χ0n) is 13.6. The summed E-state index contributed by atoms with van der Waals surface area (Å²) in [6.45, 7) is 4.10. The molecule has 0 fully saturated rings. The number of hydrogen-bond acceptors (Lipinski definition) is 4. The molecule has 0 heterocycles. The zero-order chi connectivity index (χ0) is 16.5. The van der Waals surface area contributed by atoms with Gasteiger partial charge in [-0.2, -0.15) is 0 Å². The maximum atomic E-state index is 11.8. The number of benzene rings is 1. The summed E-state index contributed by atoms with van der Waals surface area (Å²) < 4.78 is 4.87. The third kappa shape index (κ3) is 5.33. The standard InChI is InChI=1S/C17H23NO4/c1-5-22-17(20)12-9-14-8-6-7-13(2)15(14)10-11-16(19)18(3)21-4/h6-9,12H,5,10-11H2,1-4H3/b12-9+. The minimum Gasteiger partial charge on any atom is -0.463 e. The number of rotatable bonds is 7. The van der Waals surface area contributed by atoms with Crippen LogP contribution in [-0.4, -0.2) is 37.7 Å². The number of aryl methyl sites for hydroxylation is 1. The summed E-state index contributed by atoms with van der Waals surface area (Å²) in [5.41, 5.74) is 3.04. The van der Waals surface area contributed by atoms with Crippen LogP contribution in [0.4, 0.5) is 0 Å². The van der Waals surface area contributed by atoms with E-state index in [1.54, 1.807) is 20.0 Å². The maximum absolute atomic E-state index is 11.8. The van der Waals surface area contributed by atoms with Crippen LogP contribution in [0.5, 0.6) is 0 Å². The first-order valence-corrected chi connectivity index (χ1v) is 7.23. The van der Waals surface area contributed by atoms with E-state index >= 15 is 0 Å². The van der Waals surface area contributed by atoms with Crippen LogP contribution in [0.15, 0.2) is 24.3 Å². The summed E-state index contributed by atoms with van der Waals surface area (Å²) in [5, 5.41) is 1.21. The molecule has 1 aromatic rings. The predicted molar refractivity (Wildman–Crippen MR) is 84.9 cm³/mol. The smallest absolute Gasteiger partial charge is 0.330 e. The molecule has 120 valence electrons. The second kappa shape index (κ2) is 9.00. The van der Waals surface area contributed by atoms with E-state index in [1.165, 1.54) is 18.2 Å². The van der Waals surface area contributed by atoms with E-state index in [0.29, 0.717) is 19.4 Å². The first kappa shape index (κ1) is 17.9. The maximum Gasteiger partial charge on any atom is 0.330 e. The summed E-state index contributed by atoms with van der Waals surface area (Å²) in [6.07, 6.45) is 4.06. The van der Waals surface area contributed by atoms with Crippen LogP contribution in [0.1, 0.15) is 30.0 Å². The molecule has 0 aliphatic carbocycles. The summed E-state index contributed by atoms with van der Waals surface area (Å²) in [6, 6.07) is 5.83. The van der Waals surface area contributed by atoms with Gasteiger partial charge in [-0.15, -0.1) is 0 Å². The first-order valence-electron chi connectivity index (χ1n) is 7.23. The van der Waals surface area contributed by atoms with Crippen molar-refractivity contribution in [2.45, 2.75) is 26.7 Å². The predicted octanol–water partition coefficient (Wildman–Crippen LogP) is 2.52. The van der Waals surface area contributed by atoms with E-state index in [9.17, 15) is 9.59 Å². The highest BCUT2D eigenvalue weighted by molar-refractivity contribution is 5.87. The van der Waals surface area contributed by atoms with Gasteiger partial charge in [0, 0.05) is 19.5 Å². The summed E-state index contributed by atoms with van der Waals surface area (Å²) in [5.74, 6) is -0.462. The van der Waals surface area contributed by atoms with Crippen molar-refractivity contribution < 1.29 is 19.2 Å². The van der Waals surface area contributed by atoms with Gasteiger partial charge in [0.1, 0.15) is 0 Å². The Morgan fingerprint density at radius 2 is 2.05 bits per heavy atom. The Bertz CT molecular complexity index is 552. The van der Waals surface area contributed by atoms with Crippen molar-refractivity contribution in [3.05, 3.63) is 41.0 Å². The van der Waals surface area contributed by atoms with E-state index in [4.69, 9.17) is 9.57 Å². The van der Waals surface area contributed by atoms with Crippen LogP contribution < -0.4 is 0 Å². The molecule has 0 spiro atoms.